The van der Waals surface area contributed by atoms with Gasteiger partial charge in [0.25, 0.3) is 15.9 Å². The molecule has 0 saturated carbocycles. The fourth-order valence-corrected chi connectivity index (χ4v) is 4.37. The van der Waals surface area contributed by atoms with E-state index in [9.17, 15) is 13.2 Å². The Balaban J connectivity index is 1.69. The Morgan fingerprint density at radius 2 is 1.62 bits per heavy atom. The zero-order chi connectivity index (χ0) is 23.3. The van der Waals surface area contributed by atoms with Crippen LogP contribution in [0.25, 0.3) is 0 Å². The summed E-state index contributed by atoms with van der Waals surface area (Å²) in [5, 5.41) is 2.80. The number of carbonyl (C=O) groups is 1. The van der Waals surface area contributed by atoms with E-state index in [0.717, 1.165) is 16.7 Å². The van der Waals surface area contributed by atoms with Crippen molar-refractivity contribution in [3.63, 3.8) is 0 Å². The molecule has 0 heterocycles. The molecule has 1 atom stereocenters. The zero-order valence-electron chi connectivity index (χ0n) is 18.7. The summed E-state index contributed by atoms with van der Waals surface area (Å²) >= 11 is 0. The number of hydrogen-bond acceptors (Lipinski definition) is 4. The molecule has 0 aliphatic rings. The number of rotatable bonds is 8. The van der Waals surface area contributed by atoms with Crippen molar-refractivity contribution in [2.24, 2.45) is 0 Å². The summed E-state index contributed by atoms with van der Waals surface area (Å²) in [6.45, 7) is 7.60. The minimum atomic E-state index is -3.75. The molecule has 32 heavy (non-hydrogen) atoms. The van der Waals surface area contributed by atoms with Crippen molar-refractivity contribution >= 4 is 27.3 Å². The molecule has 3 aromatic rings. The lowest BCUT2D eigenvalue weighted by Crippen LogP contribution is -2.32. The minimum absolute atomic E-state index is 0.110. The van der Waals surface area contributed by atoms with E-state index in [2.05, 4.69) is 10.0 Å². The maximum atomic E-state index is 12.7. The summed E-state index contributed by atoms with van der Waals surface area (Å²) in [6, 6.07) is 19.1. The summed E-state index contributed by atoms with van der Waals surface area (Å²) < 4.78 is 34.0. The van der Waals surface area contributed by atoms with Gasteiger partial charge in [-0.2, -0.15) is 0 Å². The predicted octanol–water partition coefficient (Wildman–Crippen LogP) is 5.21. The molecule has 0 fully saturated rings. The lowest BCUT2D eigenvalue weighted by Gasteiger charge is -2.18. The molecule has 2 N–H and O–H groups in total. The van der Waals surface area contributed by atoms with E-state index in [1.807, 2.05) is 64.1 Å². The Kier molecular flexibility index (Phi) is 7.20. The number of ether oxygens (including phenoxy) is 1. The van der Waals surface area contributed by atoms with Gasteiger partial charge in [0, 0.05) is 5.69 Å². The number of carbonyl (C=O) groups excluding carboxylic acids is 1. The first-order chi connectivity index (χ1) is 15.2. The number of benzene rings is 3. The topological polar surface area (TPSA) is 84.5 Å². The number of para-hydroxylation sites is 1. The summed E-state index contributed by atoms with van der Waals surface area (Å²) in [4.78, 5) is 12.8. The van der Waals surface area contributed by atoms with Crippen LogP contribution in [-0.2, 0) is 14.8 Å². The molecule has 3 rings (SSSR count). The van der Waals surface area contributed by atoms with Crippen LogP contribution in [0.15, 0.2) is 71.6 Å². The van der Waals surface area contributed by atoms with E-state index in [-0.39, 0.29) is 10.8 Å². The average Bonchev–Trinajstić information content (AvgIpc) is 2.75. The minimum Gasteiger partial charge on any atom is -0.480 e. The first-order valence-corrected chi connectivity index (χ1v) is 11.9. The van der Waals surface area contributed by atoms with Crippen LogP contribution >= 0.6 is 0 Å². The summed E-state index contributed by atoms with van der Waals surface area (Å²) in [5.74, 6) is 0.369. The third-order valence-corrected chi connectivity index (χ3v) is 6.47. The number of hydrogen-bond donors (Lipinski definition) is 2. The smallest absolute Gasteiger partial charge is 0.265 e. The Morgan fingerprint density at radius 3 is 2.25 bits per heavy atom. The van der Waals surface area contributed by atoms with Crippen molar-refractivity contribution in [1.82, 2.24) is 0 Å². The number of aryl methyl sites for hydroxylation is 3. The van der Waals surface area contributed by atoms with Crippen molar-refractivity contribution in [3.8, 4) is 5.75 Å². The molecule has 3 aromatic carbocycles. The summed E-state index contributed by atoms with van der Waals surface area (Å²) in [7, 11) is -3.75. The van der Waals surface area contributed by atoms with Gasteiger partial charge in [0.15, 0.2) is 6.10 Å². The lowest BCUT2D eigenvalue weighted by atomic mass is 10.1. The lowest BCUT2D eigenvalue weighted by molar-refractivity contribution is -0.122. The highest BCUT2D eigenvalue weighted by molar-refractivity contribution is 7.92. The van der Waals surface area contributed by atoms with Gasteiger partial charge in [0.05, 0.1) is 10.6 Å². The van der Waals surface area contributed by atoms with Gasteiger partial charge >= 0.3 is 0 Å². The van der Waals surface area contributed by atoms with Gasteiger partial charge in [-0.1, -0.05) is 42.8 Å². The molecule has 1 amide bonds. The Hall–Kier alpha value is -3.32. The second-order valence-electron chi connectivity index (χ2n) is 7.72. The monoisotopic (exact) mass is 452 g/mol. The van der Waals surface area contributed by atoms with Crippen LogP contribution in [0, 0.1) is 20.8 Å². The standard InChI is InChI=1S/C25H28N2O4S/c1-5-23(31-24-9-7-6-8-18(24)3)25(28)26-20-11-13-21(14-12-20)32(29,30)27-22-15-10-17(2)16-19(22)4/h6-16,23,27H,5H2,1-4H3,(H,26,28)/t23-/m1/s1. The molecule has 0 aliphatic carbocycles. The molecule has 0 spiro atoms. The number of nitrogens with one attached hydrogen (secondary N) is 2. The number of anilines is 2. The molecule has 0 radical (unpaired) electrons. The predicted molar refractivity (Wildman–Crippen MR) is 128 cm³/mol. The molecule has 0 saturated heterocycles. The molecule has 0 unspecified atom stereocenters. The highest BCUT2D eigenvalue weighted by atomic mass is 32.2. The van der Waals surface area contributed by atoms with E-state index >= 15 is 0 Å². The van der Waals surface area contributed by atoms with Crippen molar-refractivity contribution in [1.29, 1.82) is 0 Å². The molecule has 6 nitrogen and oxygen atoms in total. The van der Waals surface area contributed by atoms with Crippen LogP contribution in [0.5, 0.6) is 5.75 Å². The van der Waals surface area contributed by atoms with Crippen LogP contribution in [0.2, 0.25) is 0 Å². The Labute approximate surface area is 189 Å². The second-order valence-corrected chi connectivity index (χ2v) is 9.40. The van der Waals surface area contributed by atoms with E-state index in [0.29, 0.717) is 23.5 Å². The molecule has 7 heteroatoms. The first-order valence-electron chi connectivity index (χ1n) is 10.4. The highest BCUT2D eigenvalue weighted by Crippen LogP contribution is 2.23. The molecule has 0 bridgehead atoms. The normalized spacial score (nSPS) is 12.1. The quantitative estimate of drug-likeness (QED) is 0.491. The fraction of sp³-hybridized carbons (Fsp3) is 0.240. The largest absolute Gasteiger partial charge is 0.480 e. The van der Waals surface area contributed by atoms with Gasteiger partial charge < -0.3 is 10.1 Å². The van der Waals surface area contributed by atoms with E-state index in [1.165, 1.54) is 12.1 Å². The molecule has 0 aromatic heterocycles. The number of sulfonamides is 1. The van der Waals surface area contributed by atoms with Gasteiger partial charge in [-0.15, -0.1) is 0 Å². The van der Waals surface area contributed by atoms with Crippen LogP contribution in [0.1, 0.15) is 30.0 Å². The third kappa shape index (κ3) is 5.68. The van der Waals surface area contributed by atoms with E-state index in [4.69, 9.17) is 4.74 Å². The Morgan fingerprint density at radius 1 is 0.938 bits per heavy atom. The first kappa shape index (κ1) is 23.3. The molecule has 0 aliphatic heterocycles. The highest BCUT2D eigenvalue weighted by Gasteiger charge is 2.20. The maximum absolute atomic E-state index is 12.7. The van der Waals surface area contributed by atoms with Crippen molar-refractivity contribution in [2.75, 3.05) is 10.0 Å². The van der Waals surface area contributed by atoms with E-state index in [1.54, 1.807) is 18.2 Å². The molecular formula is C25H28N2O4S. The summed E-state index contributed by atoms with van der Waals surface area (Å²) in [6.07, 6.45) is -0.169. The van der Waals surface area contributed by atoms with Gasteiger partial charge in [0.2, 0.25) is 0 Å². The number of amides is 1. The van der Waals surface area contributed by atoms with Crippen LogP contribution in [0.4, 0.5) is 11.4 Å². The van der Waals surface area contributed by atoms with E-state index < -0.39 is 16.1 Å². The van der Waals surface area contributed by atoms with Crippen LogP contribution in [-0.4, -0.2) is 20.4 Å². The second kappa shape index (κ2) is 9.87. The van der Waals surface area contributed by atoms with Crippen LogP contribution < -0.4 is 14.8 Å². The van der Waals surface area contributed by atoms with Crippen LogP contribution in [0.3, 0.4) is 0 Å². The van der Waals surface area contributed by atoms with Gasteiger partial charge in [-0.05, 0) is 74.7 Å². The third-order valence-electron chi connectivity index (χ3n) is 5.08. The molecule has 168 valence electrons. The Bertz CT molecular complexity index is 1200. The average molecular weight is 453 g/mol. The van der Waals surface area contributed by atoms with Gasteiger partial charge in [-0.3, -0.25) is 9.52 Å². The zero-order valence-corrected chi connectivity index (χ0v) is 19.5. The SMILES string of the molecule is CC[C@@H](Oc1ccccc1C)C(=O)Nc1ccc(S(=O)(=O)Nc2ccc(C)cc2C)cc1. The fourth-order valence-electron chi connectivity index (χ4n) is 3.24. The maximum Gasteiger partial charge on any atom is 0.265 e. The molecular weight excluding hydrogens is 424 g/mol. The van der Waals surface area contributed by atoms with Crippen molar-refractivity contribution < 1.29 is 17.9 Å². The summed E-state index contributed by atoms with van der Waals surface area (Å²) in [5.41, 5.74) is 3.88. The van der Waals surface area contributed by atoms with Crippen molar-refractivity contribution in [2.45, 2.75) is 45.1 Å². The van der Waals surface area contributed by atoms with Crippen molar-refractivity contribution in [3.05, 3.63) is 83.4 Å². The van der Waals surface area contributed by atoms with Gasteiger partial charge in [-0.25, -0.2) is 8.42 Å². The van der Waals surface area contributed by atoms with Gasteiger partial charge in [0.1, 0.15) is 5.75 Å².